The lowest BCUT2D eigenvalue weighted by atomic mass is 9.96. The molecule has 1 aliphatic rings. The molecule has 1 aromatic carbocycles. The summed E-state index contributed by atoms with van der Waals surface area (Å²) < 4.78 is 22.2. The first kappa shape index (κ1) is 14.9. The van der Waals surface area contributed by atoms with Gasteiger partial charge in [-0.25, -0.2) is 0 Å². The molecule has 2 atom stereocenters. The van der Waals surface area contributed by atoms with Crippen LogP contribution in [0.25, 0.3) is 0 Å². The highest BCUT2D eigenvalue weighted by Gasteiger charge is 2.28. The van der Waals surface area contributed by atoms with E-state index < -0.39 is 0 Å². The molecule has 5 nitrogen and oxygen atoms in total. The molecule has 5 heteroatoms. The first-order valence-corrected chi connectivity index (χ1v) is 6.82. The average molecular weight is 281 g/mol. The van der Waals surface area contributed by atoms with Crippen molar-refractivity contribution in [1.82, 2.24) is 5.32 Å². The predicted molar refractivity (Wildman–Crippen MR) is 76.9 cm³/mol. The van der Waals surface area contributed by atoms with Crippen LogP contribution in [0.15, 0.2) is 12.1 Å². The molecule has 0 amide bonds. The van der Waals surface area contributed by atoms with Gasteiger partial charge in [-0.15, -0.1) is 0 Å². The summed E-state index contributed by atoms with van der Waals surface area (Å²) in [6.45, 7) is 0.731. The molecule has 0 bridgehead atoms. The fourth-order valence-electron chi connectivity index (χ4n) is 2.61. The maximum Gasteiger partial charge on any atom is 0.132 e. The number of hydrogen-bond acceptors (Lipinski definition) is 5. The van der Waals surface area contributed by atoms with Gasteiger partial charge in [-0.1, -0.05) is 0 Å². The van der Waals surface area contributed by atoms with Gasteiger partial charge in [0.05, 0.1) is 33.0 Å². The molecule has 0 spiro atoms. The molecule has 2 rings (SSSR count). The Bertz CT molecular complexity index is 424. The van der Waals surface area contributed by atoms with Gasteiger partial charge in [0, 0.05) is 24.8 Å². The van der Waals surface area contributed by atoms with E-state index in [9.17, 15) is 0 Å². The van der Waals surface area contributed by atoms with Crippen LogP contribution >= 0.6 is 0 Å². The number of hydrogen-bond donors (Lipinski definition) is 1. The van der Waals surface area contributed by atoms with Crippen molar-refractivity contribution in [3.63, 3.8) is 0 Å². The summed E-state index contributed by atoms with van der Waals surface area (Å²) in [4.78, 5) is 0. The van der Waals surface area contributed by atoms with Crippen molar-refractivity contribution in [2.24, 2.45) is 0 Å². The maximum absolute atomic E-state index is 5.91. The van der Waals surface area contributed by atoms with E-state index in [1.807, 2.05) is 19.2 Å². The highest BCUT2D eigenvalue weighted by molar-refractivity contribution is 5.52. The lowest BCUT2D eigenvalue weighted by molar-refractivity contribution is -0.000977. The van der Waals surface area contributed by atoms with Gasteiger partial charge in [0.25, 0.3) is 0 Å². The first-order valence-electron chi connectivity index (χ1n) is 6.82. The first-order chi connectivity index (χ1) is 9.73. The topological polar surface area (TPSA) is 49.0 Å². The number of ether oxygens (including phenoxy) is 4. The van der Waals surface area contributed by atoms with Gasteiger partial charge >= 0.3 is 0 Å². The molecular formula is C15H23NO4. The molecule has 0 aromatic heterocycles. The Labute approximate surface area is 120 Å². The summed E-state index contributed by atoms with van der Waals surface area (Å²) in [5, 5.41) is 3.31. The van der Waals surface area contributed by atoms with Gasteiger partial charge in [0.2, 0.25) is 0 Å². The minimum Gasteiger partial charge on any atom is -0.496 e. The Morgan fingerprint density at radius 3 is 2.25 bits per heavy atom. The summed E-state index contributed by atoms with van der Waals surface area (Å²) in [7, 11) is 6.91. The summed E-state index contributed by atoms with van der Waals surface area (Å²) >= 11 is 0. The van der Waals surface area contributed by atoms with E-state index in [0.29, 0.717) is 11.8 Å². The molecule has 1 heterocycles. The van der Waals surface area contributed by atoms with Gasteiger partial charge in [-0.2, -0.15) is 0 Å². The van der Waals surface area contributed by atoms with Crippen molar-refractivity contribution >= 4 is 0 Å². The SMILES string of the molecule is CNC1CCOC(c2c(OC)cc(OC)cc2OC)C1. The summed E-state index contributed by atoms with van der Waals surface area (Å²) in [5.41, 5.74) is 0.954. The lowest BCUT2D eigenvalue weighted by Gasteiger charge is -2.31. The van der Waals surface area contributed by atoms with Crippen LogP contribution in [-0.4, -0.2) is 41.0 Å². The van der Waals surface area contributed by atoms with Crippen LogP contribution < -0.4 is 19.5 Å². The Hall–Kier alpha value is -1.46. The van der Waals surface area contributed by atoms with Gasteiger partial charge in [0.15, 0.2) is 0 Å². The fourth-order valence-corrected chi connectivity index (χ4v) is 2.61. The highest BCUT2D eigenvalue weighted by Crippen LogP contribution is 2.42. The fraction of sp³-hybridized carbons (Fsp3) is 0.600. The number of methoxy groups -OCH3 is 3. The Kier molecular flexibility index (Phi) is 5.09. The number of nitrogens with one attached hydrogen (secondary N) is 1. The van der Waals surface area contributed by atoms with E-state index in [1.54, 1.807) is 21.3 Å². The van der Waals surface area contributed by atoms with Gasteiger partial charge in [-0.3, -0.25) is 0 Å². The summed E-state index contributed by atoms with van der Waals surface area (Å²) in [5.74, 6) is 2.19. The van der Waals surface area contributed by atoms with Crippen molar-refractivity contribution in [3.8, 4) is 17.2 Å². The zero-order valence-electron chi connectivity index (χ0n) is 12.6. The Morgan fingerprint density at radius 1 is 1.10 bits per heavy atom. The zero-order chi connectivity index (χ0) is 14.5. The Balaban J connectivity index is 2.38. The van der Waals surface area contributed by atoms with E-state index in [2.05, 4.69) is 5.32 Å². The molecule has 0 saturated carbocycles. The van der Waals surface area contributed by atoms with Crippen LogP contribution in [-0.2, 0) is 4.74 Å². The molecule has 112 valence electrons. The largest absolute Gasteiger partial charge is 0.496 e. The van der Waals surface area contributed by atoms with E-state index in [0.717, 1.165) is 36.5 Å². The van der Waals surface area contributed by atoms with Gasteiger partial charge in [-0.05, 0) is 19.9 Å². The second kappa shape index (κ2) is 6.81. The monoisotopic (exact) mass is 281 g/mol. The normalized spacial score (nSPS) is 22.4. The average Bonchev–Trinajstić information content (AvgIpc) is 2.53. The second-order valence-electron chi connectivity index (χ2n) is 4.82. The van der Waals surface area contributed by atoms with Gasteiger partial charge in [0.1, 0.15) is 17.2 Å². The standard InChI is InChI=1S/C15H23NO4/c1-16-10-5-6-20-14(7-10)15-12(18-3)8-11(17-2)9-13(15)19-4/h8-10,14,16H,5-7H2,1-4H3. The quantitative estimate of drug-likeness (QED) is 0.896. The molecule has 0 aliphatic carbocycles. The van der Waals surface area contributed by atoms with Crippen LogP contribution in [0.2, 0.25) is 0 Å². The molecule has 0 radical (unpaired) electrons. The predicted octanol–water partition coefficient (Wildman–Crippen LogP) is 2.15. The van der Waals surface area contributed by atoms with Crippen LogP contribution in [0.4, 0.5) is 0 Å². The zero-order valence-corrected chi connectivity index (χ0v) is 12.6. The minimum atomic E-state index is -0.0305. The summed E-state index contributed by atoms with van der Waals surface area (Å²) in [6.07, 6.45) is 1.89. The third-order valence-corrected chi connectivity index (χ3v) is 3.77. The molecular weight excluding hydrogens is 258 g/mol. The van der Waals surface area contributed by atoms with Crippen molar-refractivity contribution in [3.05, 3.63) is 17.7 Å². The van der Waals surface area contributed by atoms with Crippen LogP contribution in [0.1, 0.15) is 24.5 Å². The highest BCUT2D eigenvalue weighted by atomic mass is 16.5. The second-order valence-corrected chi connectivity index (χ2v) is 4.82. The van der Waals surface area contributed by atoms with E-state index in [1.165, 1.54) is 0 Å². The number of benzene rings is 1. The van der Waals surface area contributed by atoms with Crippen molar-refractivity contribution in [2.75, 3.05) is 35.0 Å². The number of rotatable bonds is 5. The lowest BCUT2D eigenvalue weighted by Crippen LogP contribution is -2.33. The molecule has 20 heavy (non-hydrogen) atoms. The van der Waals surface area contributed by atoms with Crippen LogP contribution in [0.5, 0.6) is 17.2 Å². The molecule has 1 saturated heterocycles. The van der Waals surface area contributed by atoms with Crippen LogP contribution in [0.3, 0.4) is 0 Å². The molecule has 1 aromatic rings. The molecule has 1 N–H and O–H groups in total. The van der Waals surface area contributed by atoms with Crippen LogP contribution in [0, 0.1) is 0 Å². The third kappa shape index (κ3) is 2.99. The third-order valence-electron chi connectivity index (χ3n) is 3.77. The molecule has 1 aliphatic heterocycles. The van der Waals surface area contributed by atoms with Gasteiger partial charge < -0.3 is 24.3 Å². The van der Waals surface area contributed by atoms with E-state index >= 15 is 0 Å². The summed E-state index contributed by atoms with van der Waals surface area (Å²) in [6, 6.07) is 4.18. The smallest absolute Gasteiger partial charge is 0.132 e. The Morgan fingerprint density at radius 2 is 1.75 bits per heavy atom. The van der Waals surface area contributed by atoms with Crippen molar-refractivity contribution < 1.29 is 18.9 Å². The maximum atomic E-state index is 5.91. The van der Waals surface area contributed by atoms with Crippen molar-refractivity contribution in [1.29, 1.82) is 0 Å². The molecule has 2 unspecified atom stereocenters. The molecule has 1 fully saturated rings. The van der Waals surface area contributed by atoms with E-state index in [4.69, 9.17) is 18.9 Å². The minimum absolute atomic E-state index is 0.0305. The van der Waals surface area contributed by atoms with Crippen molar-refractivity contribution in [2.45, 2.75) is 25.0 Å². The van der Waals surface area contributed by atoms with E-state index in [-0.39, 0.29) is 6.10 Å².